The Morgan fingerprint density at radius 2 is 1.50 bits per heavy atom. The molecule has 12 N–H and O–H groups in total. The maximum atomic E-state index is 13.1. The number of nitrogens with one attached hydrogen (secondary N) is 3. The van der Waals surface area contributed by atoms with Gasteiger partial charge in [-0.1, -0.05) is 12.1 Å². The summed E-state index contributed by atoms with van der Waals surface area (Å²) >= 11 is 3.97. The summed E-state index contributed by atoms with van der Waals surface area (Å²) in [6.07, 6.45) is 0.308. The van der Waals surface area contributed by atoms with E-state index >= 15 is 0 Å². The lowest BCUT2D eigenvalue weighted by atomic mass is 10.0. The number of nitrogens with zero attached hydrogens (tertiary/aromatic N) is 1. The number of hydrogen-bond acceptors (Lipinski definition) is 9. The molecule has 0 aliphatic rings. The molecule has 0 bridgehead atoms. The van der Waals surface area contributed by atoms with E-state index in [1.54, 1.807) is 0 Å². The minimum atomic E-state index is -1.60. The Morgan fingerprint density at radius 1 is 0.944 bits per heavy atom. The first kappa shape index (κ1) is 30.5. The quantitative estimate of drug-likeness (QED) is 0.0472. The summed E-state index contributed by atoms with van der Waals surface area (Å²) in [5.41, 5.74) is 16.8. The minimum Gasteiger partial charge on any atom is -0.508 e. The average molecular weight is 528 g/mol. The number of aliphatic imine (C=N–C) groups is 1. The second-order valence-electron chi connectivity index (χ2n) is 7.81. The van der Waals surface area contributed by atoms with Crippen molar-refractivity contribution in [3.05, 3.63) is 29.8 Å². The number of carbonyl (C=O) groups is 4. The second kappa shape index (κ2) is 15.4. The van der Waals surface area contributed by atoms with Gasteiger partial charge in [0.25, 0.3) is 0 Å². The molecule has 0 aromatic heterocycles. The number of carboxylic acids is 1. The highest BCUT2D eigenvalue weighted by Gasteiger charge is 2.30. The van der Waals surface area contributed by atoms with Crippen LogP contribution in [0.15, 0.2) is 29.3 Å². The van der Waals surface area contributed by atoms with Crippen molar-refractivity contribution in [2.45, 2.75) is 43.4 Å². The van der Waals surface area contributed by atoms with Crippen LogP contribution in [0, 0.1) is 0 Å². The number of nitrogens with two attached hydrogens (primary N) is 3. The molecule has 0 aliphatic carbocycles. The Labute approximate surface area is 213 Å². The number of carboxylic acid groups (broad SMARTS) is 1. The predicted octanol–water partition coefficient (Wildman–Crippen LogP) is -3.22. The normalized spacial score (nSPS) is 14.0. The van der Waals surface area contributed by atoms with Crippen LogP contribution in [0.25, 0.3) is 0 Å². The molecule has 0 fully saturated rings. The first-order valence-electron chi connectivity index (χ1n) is 10.9. The molecule has 0 radical (unpaired) electrons. The predicted molar refractivity (Wildman–Crippen MR) is 134 cm³/mol. The van der Waals surface area contributed by atoms with Gasteiger partial charge in [-0.15, -0.1) is 0 Å². The molecule has 0 aliphatic heterocycles. The van der Waals surface area contributed by atoms with Crippen molar-refractivity contribution in [1.82, 2.24) is 16.0 Å². The van der Waals surface area contributed by atoms with Crippen LogP contribution in [0.1, 0.15) is 18.4 Å². The molecule has 1 aromatic rings. The van der Waals surface area contributed by atoms with E-state index < -0.39 is 54.5 Å². The number of phenols is 1. The van der Waals surface area contributed by atoms with Gasteiger partial charge < -0.3 is 48.5 Å². The van der Waals surface area contributed by atoms with Gasteiger partial charge in [0.15, 0.2) is 5.96 Å². The summed E-state index contributed by atoms with van der Waals surface area (Å²) < 4.78 is 0. The highest BCUT2D eigenvalue weighted by Crippen LogP contribution is 2.12. The molecule has 1 aromatic carbocycles. The lowest BCUT2D eigenvalue weighted by Gasteiger charge is -2.25. The minimum absolute atomic E-state index is 0.0147. The van der Waals surface area contributed by atoms with E-state index in [1.807, 2.05) is 0 Å². The average Bonchev–Trinajstić information content (AvgIpc) is 2.83. The number of rotatable bonds is 15. The number of guanidine groups is 1. The monoisotopic (exact) mass is 527 g/mol. The standard InChI is InChI=1S/C21H33N7O7S/c22-13(10-36)17(31)26-14(2-1-7-25-21(23)24)18(32)27-15(8-11-3-5-12(30)6-4-11)19(33)28-16(9-29)20(34)35/h3-6,13-16,29-30,36H,1-2,7-10,22H2,(H,26,31)(H,27,32)(H,28,33)(H,34,35)(H4,23,24,25). The largest absolute Gasteiger partial charge is 0.508 e. The third kappa shape index (κ3) is 10.8. The molecule has 0 spiro atoms. The van der Waals surface area contributed by atoms with Crippen LogP contribution in [0.3, 0.4) is 0 Å². The number of aliphatic hydroxyl groups is 1. The molecule has 0 saturated carbocycles. The van der Waals surface area contributed by atoms with Crippen molar-refractivity contribution >= 4 is 42.3 Å². The number of hydrogen-bond donors (Lipinski definition) is 10. The van der Waals surface area contributed by atoms with Gasteiger partial charge in [-0.3, -0.25) is 19.4 Å². The third-order valence-electron chi connectivity index (χ3n) is 4.92. The molecular weight excluding hydrogens is 494 g/mol. The van der Waals surface area contributed by atoms with Crippen LogP contribution >= 0.6 is 12.6 Å². The maximum Gasteiger partial charge on any atom is 0.328 e. The fourth-order valence-corrected chi connectivity index (χ4v) is 3.11. The summed E-state index contributed by atoms with van der Waals surface area (Å²) in [6.45, 7) is -0.694. The molecule has 36 heavy (non-hydrogen) atoms. The zero-order valence-electron chi connectivity index (χ0n) is 19.5. The van der Waals surface area contributed by atoms with Gasteiger partial charge in [-0.2, -0.15) is 12.6 Å². The smallest absolute Gasteiger partial charge is 0.328 e. The van der Waals surface area contributed by atoms with Crippen LogP contribution < -0.4 is 33.2 Å². The summed E-state index contributed by atoms with van der Waals surface area (Å²) in [6, 6.07) is 0.799. The van der Waals surface area contributed by atoms with Gasteiger partial charge in [0.05, 0.1) is 12.6 Å². The molecule has 14 nitrogen and oxygen atoms in total. The van der Waals surface area contributed by atoms with Crippen LogP contribution in [-0.2, 0) is 25.6 Å². The topological polar surface area (TPSA) is 255 Å². The van der Waals surface area contributed by atoms with Gasteiger partial charge in [0, 0.05) is 18.7 Å². The Balaban J connectivity index is 3.12. The number of thiol groups is 1. The molecule has 0 saturated heterocycles. The van der Waals surface area contributed by atoms with Crippen molar-refractivity contribution in [3.63, 3.8) is 0 Å². The van der Waals surface area contributed by atoms with Crippen LogP contribution in [0.2, 0.25) is 0 Å². The van der Waals surface area contributed by atoms with Crippen molar-refractivity contribution in [1.29, 1.82) is 0 Å². The van der Waals surface area contributed by atoms with E-state index in [0.29, 0.717) is 12.0 Å². The van der Waals surface area contributed by atoms with Gasteiger partial charge >= 0.3 is 5.97 Å². The van der Waals surface area contributed by atoms with Crippen molar-refractivity contribution in [3.8, 4) is 5.75 Å². The fraction of sp³-hybridized carbons (Fsp3) is 0.476. The van der Waals surface area contributed by atoms with E-state index in [9.17, 15) is 29.4 Å². The van der Waals surface area contributed by atoms with E-state index in [2.05, 4.69) is 33.6 Å². The zero-order valence-corrected chi connectivity index (χ0v) is 20.4. The molecule has 15 heteroatoms. The molecule has 0 heterocycles. The van der Waals surface area contributed by atoms with Gasteiger partial charge in [-0.05, 0) is 30.5 Å². The van der Waals surface area contributed by atoms with Gasteiger partial charge in [0.2, 0.25) is 17.7 Å². The zero-order chi connectivity index (χ0) is 27.3. The summed E-state index contributed by atoms with van der Waals surface area (Å²) in [5.74, 6) is -3.86. The number of aliphatic carboxylic acids is 1. The van der Waals surface area contributed by atoms with Gasteiger partial charge in [0.1, 0.15) is 23.9 Å². The van der Waals surface area contributed by atoms with E-state index in [4.69, 9.17) is 22.3 Å². The van der Waals surface area contributed by atoms with Crippen molar-refractivity contribution in [2.75, 3.05) is 18.9 Å². The Morgan fingerprint density at radius 3 is 2.03 bits per heavy atom. The number of carbonyl (C=O) groups excluding carboxylic acids is 3. The molecule has 1 rings (SSSR count). The molecule has 3 amide bonds. The number of aliphatic hydroxyl groups excluding tert-OH is 1. The number of phenolic OH excluding ortho intramolecular Hbond substituents is 1. The van der Waals surface area contributed by atoms with E-state index in [-0.39, 0.29) is 36.8 Å². The molecule has 4 atom stereocenters. The fourth-order valence-electron chi connectivity index (χ4n) is 2.94. The Kier molecular flexibility index (Phi) is 13.1. The second-order valence-corrected chi connectivity index (χ2v) is 8.18. The summed E-state index contributed by atoms with van der Waals surface area (Å²) in [7, 11) is 0. The SMILES string of the molecule is NC(N)=NCCCC(NC(=O)C(N)CS)C(=O)NC(Cc1ccc(O)cc1)C(=O)NC(CO)C(=O)O. The van der Waals surface area contributed by atoms with Crippen molar-refractivity contribution in [2.24, 2.45) is 22.2 Å². The molecular formula is C21H33N7O7S. The van der Waals surface area contributed by atoms with E-state index in [0.717, 1.165) is 0 Å². The highest BCUT2D eigenvalue weighted by atomic mass is 32.1. The van der Waals surface area contributed by atoms with Gasteiger partial charge in [-0.25, -0.2) is 4.79 Å². The number of aromatic hydroxyl groups is 1. The summed E-state index contributed by atoms with van der Waals surface area (Å²) in [5, 5.41) is 35.1. The summed E-state index contributed by atoms with van der Waals surface area (Å²) in [4.78, 5) is 53.3. The van der Waals surface area contributed by atoms with Crippen molar-refractivity contribution < 1.29 is 34.5 Å². The van der Waals surface area contributed by atoms with Crippen LogP contribution in [0.5, 0.6) is 5.75 Å². The first-order valence-corrected chi connectivity index (χ1v) is 11.6. The third-order valence-corrected chi connectivity index (χ3v) is 5.31. The Bertz CT molecular complexity index is 926. The Hall–Kier alpha value is -3.56. The lowest BCUT2D eigenvalue weighted by Crippen LogP contribution is -2.58. The lowest BCUT2D eigenvalue weighted by molar-refractivity contribution is -0.143. The first-order chi connectivity index (χ1) is 17.0. The number of benzene rings is 1. The number of amides is 3. The molecule has 200 valence electrons. The van der Waals surface area contributed by atoms with Crippen LogP contribution in [0.4, 0.5) is 0 Å². The van der Waals surface area contributed by atoms with E-state index in [1.165, 1.54) is 24.3 Å². The van der Waals surface area contributed by atoms with Crippen LogP contribution in [-0.4, -0.2) is 88.0 Å². The highest BCUT2D eigenvalue weighted by molar-refractivity contribution is 7.80. The molecule has 4 unspecified atom stereocenters. The maximum absolute atomic E-state index is 13.1.